The second kappa shape index (κ2) is 5.36. The molecule has 0 spiro atoms. The van der Waals surface area contributed by atoms with Crippen LogP contribution in [0.5, 0.6) is 11.5 Å². The standard InChI is InChI=1S/C9H9F3O2/c10-5-6-13-7-1-3-8(4-2-7)14-9(11)12/h1-4,9H,5-6H2. The van der Waals surface area contributed by atoms with Gasteiger partial charge in [-0.25, -0.2) is 4.39 Å². The molecule has 0 aliphatic heterocycles. The fraction of sp³-hybridized carbons (Fsp3) is 0.333. The zero-order valence-corrected chi connectivity index (χ0v) is 7.25. The van der Waals surface area contributed by atoms with E-state index in [1.54, 1.807) is 0 Å². The highest BCUT2D eigenvalue weighted by Gasteiger charge is 2.03. The summed E-state index contributed by atoms with van der Waals surface area (Å²) in [4.78, 5) is 0. The second-order valence-electron chi connectivity index (χ2n) is 2.39. The van der Waals surface area contributed by atoms with Crippen molar-refractivity contribution in [1.82, 2.24) is 0 Å². The molecule has 0 aliphatic carbocycles. The average molecular weight is 206 g/mol. The van der Waals surface area contributed by atoms with Gasteiger partial charge in [-0.2, -0.15) is 8.78 Å². The number of rotatable bonds is 5. The van der Waals surface area contributed by atoms with Gasteiger partial charge in [-0.15, -0.1) is 0 Å². The van der Waals surface area contributed by atoms with Crippen molar-refractivity contribution in [2.24, 2.45) is 0 Å². The van der Waals surface area contributed by atoms with Crippen LogP contribution < -0.4 is 9.47 Å². The van der Waals surface area contributed by atoms with Crippen LogP contribution in [0.2, 0.25) is 0 Å². The SMILES string of the molecule is FCCOc1ccc(OC(F)F)cc1. The van der Waals surface area contributed by atoms with Crippen LogP contribution in [0, 0.1) is 0 Å². The van der Waals surface area contributed by atoms with Crippen LogP contribution in [0.1, 0.15) is 0 Å². The van der Waals surface area contributed by atoms with Gasteiger partial charge in [-0.3, -0.25) is 0 Å². The van der Waals surface area contributed by atoms with E-state index in [-0.39, 0.29) is 12.4 Å². The molecule has 1 aromatic carbocycles. The molecule has 0 saturated heterocycles. The van der Waals surface area contributed by atoms with E-state index in [0.717, 1.165) is 0 Å². The number of ether oxygens (including phenoxy) is 2. The quantitative estimate of drug-likeness (QED) is 0.737. The van der Waals surface area contributed by atoms with Crippen molar-refractivity contribution in [2.75, 3.05) is 13.3 Å². The number of hydrogen-bond acceptors (Lipinski definition) is 2. The molecule has 0 amide bonds. The van der Waals surface area contributed by atoms with Crippen molar-refractivity contribution >= 4 is 0 Å². The minimum atomic E-state index is -2.84. The minimum Gasteiger partial charge on any atom is -0.491 e. The van der Waals surface area contributed by atoms with Crippen LogP contribution in [0.3, 0.4) is 0 Å². The molecule has 0 radical (unpaired) electrons. The maximum absolute atomic E-state index is 11.7. The van der Waals surface area contributed by atoms with Crippen LogP contribution >= 0.6 is 0 Å². The van der Waals surface area contributed by atoms with Gasteiger partial charge in [0.15, 0.2) is 0 Å². The Hall–Kier alpha value is -1.39. The van der Waals surface area contributed by atoms with Gasteiger partial charge in [0.25, 0.3) is 0 Å². The predicted octanol–water partition coefficient (Wildman–Crippen LogP) is 2.64. The summed E-state index contributed by atoms with van der Waals surface area (Å²) < 4.78 is 44.1. The molecule has 78 valence electrons. The molecule has 0 heterocycles. The molecule has 0 unspecified atom stereocenters. The van der Waals surface area contributed by atoms with Crippen LogP contribution in [-0.4, -0.2) is 19.9 Å². The lowest BCUT2D eigenvalue weighted by atomic mass is 10.3. The summed E-state index contributed by atoms with van der Waals surface area (Å²) in [5.74, 6) is 0.469. The van der Waals surface area contributed by atoms with Gasteiger partial charge < -0.3 is 9.47 Å². The van der Waals surface area contributed by atoms with Crippen molar-refractivity contribution < 1.29 is 22.6 Å². The first-order chi connectivity index (χ1) is 6.72. The molecule has 0 bridgehead atoms. The van der Waals surface area contributed by atoms with Crippen molar-refractivity contribution in [1.29, 1.82) is 0 Å². The molecule has 1 rings (SSSR count). The highest BCUT2D eigenvalue weighted by Crippen LogP contribution is 2.18. The Bertz CT molecular complexity index is 261. The Morgan fingerprint density at radius 3 is 2.14 bits per heavy atom. The Balaban J connectivity index is 2.50. The lowest BCUT2D eigenvalue weighted by Crippen LogP contribution is -2.02. The van der Waals surface area contributed by atoms with Crippen LogP contribution in [-0.2, 0) is 0 Å². The first-order valence-electron chi connectivity index (χ1n) is 3.96. The molecular weight excluding hydrogens is 197 g/mol. The van der Waals surface area contributed by atoms with Crippen molar-refractivity contribution in [3.63, 3.8) is 0 Å². The Morgan fingerprint density at radius 2 is 1.64 bits per heavy atom. The smallest absolute Gasteiger partial charge is 0.387 e. The molecule has 0 aliphatic rings. The van der Waals surface area contributed by atoms with Crippen molar-refractivity contribution in [3.8, 4) is 11.5 Å². The lowest BCUT2D eigenvalue weighted by molar-refractivity contribution is -0.0498. The Labute approximate surface area is 79.2 Å². The molecule has 0 atom stereocenters. The Kier molecular flexibility index (Phi) is 4.10. The summed E-state index contributed by atoms with van der Waals surface area (Å²) in [7, 11) is 0. The van der Waals surface area contributed by atoms with E-state index in [2.05, 4.69) is 4.74 Å². The van der Waals surface area contributed by atoms with E-state index in [4.69, 9.17) is 4.74 Å². The normalized spacial score (nSPS) is 10.3. The third-order valence-corrected chi connectivity index (χ3v) is 1.39. The van der Waals surface area contributed by atoms with Crippen molar-refractivity contribution in [3.05, 3.63) is 24.3 Å². The summed E-state index contributed by atoms with van der Waals surface area (Å²) in [5, 5.41) is 0. The van der Waals surface area contributed by atoms with Gasteiger partial charge in [0.05, 0.1) is 0 Å². The topological polar surface area (TPSA) is 18.5 Å². The molecular formula is C9H9F3O2. The van der Waals surface area contributed by atoms with Gasteiger partial charge >= 0.3 is 6.61 Å². The van der Waals surface area contributed by atoms with Crippen molar-refractivity contribution in [2.45, 2.75) is 6.61 Å². The first-order valence-corrected chi connectivity index (χ1v) is 3.96. The highest BCUT2D eigenvalue weighted by molar-refractivity contribution is 5.31. The third-order valence-electron chi connectivity index (χ3n) is 1.39. The predicted molar refractivity (Wildman–Crippen MR) is 44.5 cm³/mol. The van der Waals surface area contributed by atoms with Gasteiger partial charge in [-0.05, 0) is 24.3 Å². The molecule has 0 aromatic heterocycles. The zero-order valence-electron chi connectivity index (χ0n) is 7.25. The van der Waals surface area contributed by atoms with E-state index >= 15 is 0 Å². The van der Waals surface area contributed by atoms with Gasteiger partial charge in [0.1, 0.15) is 24.8 Å². The maximum Gasteiger partial charge on any atom is 0.387 e. The lowest BCUT2D eigenvalue weighted by Gasteiger charge is -2.06. The Morgan fingerprint density at radius 1 is 1.07 bits per heavy atom. The third kappa shape index (κ3) is 3.55. The highest BCUT2D eigenvalue weighted by atomic mass is 19.3. The summed E-state index contributed by atoms with van der Waals surface area (Å²) in [6.45, 7) is -3.47. The summed E-state index contributed by atoms with van der Waals surface area (Å²) >= 11 is 0. The van der Waals surface area contributed by atoms with Gasteiger partial charge in [0, 0.05) is 0 Å². The second-order valence-corrected chi connectivity index (χ2v) is 2.39. The number of halogens is 3. The van der Waals surface area contributed by atoms with Crippen LogP contribution in [0.15, 0.2) is 24.3 Å². The van der Waals surface area contributed by atoms with E-state index in [1.165, 1.54) is 24.3 Å². The van der Waals surface area contributed by atoms with Gasteiger partial charge in [-0.1, -0.05) is 0 Å². The van der Waals surface area contributed by atoms with E-state index in [9.17, 15) is 13.2 Å². The number of benzene rings is 1. The molecule has 0 fully saturated rings. The average Bonchev–Trinajstić information content (AvgIpc) is 2.16. The first kappa shape index (κ1) is 10.7. The fourth-order valence-corrected chi connectivity index (χ4v) is 0.874. The van der Waals surface area contributed by atoms with E-state index in [1.807, 2.05) is 0 Å². The van der Waals surface area contributed by atoms with Crippen LogP contribution in [0.25, 0.3) is 0 Å². The zero-order chi connectivity index (χ0) is 10.4. The molecule has 1 aromatic rings. The molecule has 5 heteroatoms. The largest absolute Gasteiger partial charge is 0.491 e. The minimum absolute atomic E-state index is 0.0466. The van der Waals surface area contributed by atoms with E-state index < -0.39 is 13.3 Å². The van der Waals surface area contributed by atoms with Crippen LogP contribution in [0.4, 0.5) is 13.2 Å². The summed E-state index contributed by atoms with van der Waals surface area (Å²) in [6, 6.07) is 5.54. The van der Waals surface area contributed by atoms with E-state index in [0.29, 0.717) is 5.75 Å². The number of alkyl halides is 3. The summed E-state index contributed by atoms with van der Waals surface area (Å²) in [6.07, 6.45) is 0. The monoisotopic (exact) mass is 206 g/mol. The molecule has 0 N–H and O–H groups in total. The fourth-order valence-electron chi connectivity index (χ4n) is 0.874. The molecule has 2 nitrogen and oxygen atoms in total. The molecule has 0 saturated carbocycles. The number of hydrogen-bond donors (Lipinski definition) is 0. The van der Waals surface area contributed by atoms with Gasteiger partial charge in [0.2, 0.25) is 0 Å². The maximum atomic E-state index is 11.7. The molecule has 14 heavy (non-hydrogen) atoms. The summed E-state index contributed by atoms with van der Waals surface area (Å²) in [5.41, 5.74) is 0.